The van der Waals surface area contributed by atoms with E-state index in [0.29, 0.717) is 19.6 Å². The molecule has 0 aromatic heterocycles. The van der Waals surface area contributed by atoms with Gasteiger partial charge in [-0.25, -0.2) is 0 Å². The van der Waals surface area contributed by atoms with Crippen LogP contribution >= 0.6 is 0 Å². The first kappa shape index (κ1) is 21.2. The number of rotatable bonds is 9. The molecule has 1 fully saturated rings. The van der Waals surface area contributed by atoms with Crippen LogP contribution in [0.25, 0.3) is 0 Å². The average Bonchev–Trinajstić information content (AvgIpc) is 2.65. The number of hydrogen-bond acceptors (Lipinski definition) is 4. The highest BCUT2D eigenvalue weighted by Crippen LogP contribution is 2.19. The third-order valence-electron chi connectivity index (χ3n) is 5.00. The van der Waals surface area contributed by atoms with Crippen LogP contribution in [0, 0.1) is 13.8 Å². The fourth-order valence-corrected chi connectivity index (χ4v) is 3.25. The molecule has 2 amide bonds. The maximum Gasteiger partial charge on any atom is 0.233 e. The zero-order valence-electron chi connectivity index (χ0n) is 16.8. The zero-order chi connectivity index (χ0) is 19.6. The second-order valence-corrected chi connectivity index (χ2v) is 7.37. The van der Waals surface area contributed by atoms with Gasteiger partial charge in [-0.15, -0.1) is 0 Å². The average molecular weight is 376 g/mol. The Morgan fingerprint density at radius 3 is 2.59 bits per heavy atom. The normalized spacial score (nSPS) is 15.4. The smallest absolute Gasteiger partial charge is 0.233 e. The highest BCUT2D eigenvalue weighted by atomic mass is 16.5. The van der Waals surface area contributed by atoms with E-state index >= 15 is 0 Å². The van der Waals surface area contributed by atoms with E-state index in [0.717, 1.165) is 50.1 Å². The predicted octanol–water partition coefficient (Wildman–Crippen LogP) is 2.18. The van der Waals surface area contributed by atoms with Crippen molar-refractivity contribution < 1.29 is 14.3 Å². The Labute approximate surface area is 162 Å². The number of benzene rings is 1. The van der Waals surface area contributed by atoms with Crippen LogP contribution in [0.1, 0.15) is 43.2 Å². The van der Waals surface area contributed by atoms with Gasteiger partial charge in [-0.05, 0) is 56.7 Å². The Hall–Kier alpha value is -2.08. The molecule has 1 aromatic carbocycles. The Morgan fingerprint density at radius 2 is 1.89 bits per heavy atom. The molecule has 6 heteroatoms. The Kier molecular flexibility index (Phi) is 8.58. The molecule has 0 aliphatic carbocycles. The van der Waals surface area contributed by atoms with Crippen LogP contribution in [-0.4, -0.2) is 56.0 Å². The number of amides is 2. The van der Waals surface area contributed by atoms with Crippen LogP contribution < -0.4 is 15.4 Å². The third kappa shape index (κ3) is 7.59. The molecule has 150 valence electrons. The molecule has 1 aliphatic heterocycles. The highest BCUT2D eigenvalue weighted by Gasteiger charge is 2.21. The molecule has 2 N–H and O–H groups in total. The van der Waals surface area contributed by atoms with Crippen LogP contribution in [0.3, 0.4) is 0 Å². The van der Waals surface area contributed by atoms with E-state index in [1.807, 2.05) is 6.92 Å². The summed E-state index contributed by atoms with van der Waals surface area (Å²) in [7, 11) is 1.66. The lowest BCUT2D eigenvalue weighted by Crippen LogP contribution is -2.47. The number of hydrogen-bond donors (Lipinski definition) is 2. The molecule has 1 aliphatic rings. The first-order valence-corrected chi connectivity index (χ1v) is 9.90. The van der Waals surface area contributed by atoms with Crippen molar-refractivity contribution in [3.63, 3.8) is 0 Å². The molecule has 2 rings (SSSR count). The lowest BCUT2D eigenvalue weighted by Gasteiger charge is -2.31. The molecule has 6 nitrogen and oxygen atoms in total. The molecule has 0 spiro atoms. The Morgan fingerprint density at radius 1 is 1.15 bits per heavy atom. The molecule has 27 heavy (non-hydrogen) atoms. The van der Waals surface area contributed by atoms with Crippen molar-refractivity contribution in [2.45, 2.75) is 52.0 Å². The molecular formula is C21H33N3O3. The van der Waals surface area contributed by atoms with Gasteiger partial charge in [-0.3, -0.25) is 14.5 Å². The number of likely N-dealkylation sites (tertiary alicyclic amines) is 1. The molecule has 0 radical (unpaired) electrons. The second-order valence-electron chi connectivity index (χ2n) is 7.37. The standard InChI is InChI=1S/C21H33N3O3/c1-16-7-8-17(2)19(14-16)27-13-5-4-6-20(25)23-18-9-11-24(12-10-18)15-21(26)22-3/h7-8,14,18H,4-6,9-13,15H2,1-3H3,(H,22,26)(H,23,25). The van der Waals surface area contributed by atoms with Gasteiger partial charge in [0.25, 0.3) is 0 Å². The fourth-order valence-electron chi connectivity index (χ4n) is 3.25. The quantitative estimate of drug-likeness (QED) is 0.649. The number of likely N-dealkylation sites (N-methyl/N-ethyl adjacent to an activating group) is 1. The van der Waals surface area contributed by atoms with E-state index in [9.17, 15) is 9.59 Å². The van der Waals surface area contributed by atoms with Crippen molar-refractivity contribution in [1.29, 1.82) is 0 Å². The summed E-state index contributed by atoms with van der Waals surface area (Å²) in [4.78, 5) is 25.7. The molecule has 1 heterocycles. The third-order valence-corrected chi connectivity index (χ3v) is 5.00. The van der Waals surface area contributed by atoms with Crippen molar-refractivity contribution in [3.05, 3.63) is 29.3 Å². The Balaban J connectivity index is 1.56. The summed E-state index contributed by atoms with van der Waals surface area (Å²) in [5, 5.41) is 5.77. The number of carbonyl (C=O) groups excluding carboxylic acids is 2. The summed E-state index contributed by atoms with van der Waals surface area (Å²) in [6.07, 6.45) is 4.03. The van der Waals surface area contributed by atoms with E-state index in [1.165, 1.54) is 5.56 Å². The van der Waals surface area contributed by atoms with Gasteiger partial charge in [-0.2, -0.15) is 0 Å². The number of aryl methyl sites for hydroxylation is 2. The first-order chi connectivity index (χ1) is 13.0. The maximum atomic E-state index is 12.1. The molecule has 1 saturated heterocycles. The van der Waals surface area contributed by atoms with E-state index in [4.69, 9.17) is 4.74 Å². The number of carbonyl (C=O) groups is 2. The summed E-state index contributed by atoms with van der Waals surface area (Å²) < 4.78 is 5.83. The van der Waals surface area contributed by atoms with Gasteiger partial charge < -0.3 is 15.4 Å². The van der Waals surface area contributed by atoms with Gasteiger partial charge in [0.1, 0.15) is 5.75 Å². The topological polar surface area (TPSA) is 70.7 Å². The van der Waals surface area contributed by atoms with Crippen LogP contribution in [0.5, 0.6) is 5.75 Å². The molecule has 1 aromatic rings. The number of unbranched alkanes of at least 4 members (excludes halogenated alkanes) is 1. The van der Waals surface area contributed by atoms with Crippen molar-refractivity contribution in [3.8, 4) is 5.75 Å². The van der Waals surface area contributed by atoms with Gasteiger partial charge in [0.2, 0.25) is 11.8 Å². The van der Waals surface area contributed by atoms with Gasteiger partial charge >= 0.3 is 0 Å². The van der Waals surface area contributed by atoms with Crippen molar-refractivity contribution in [2.24, 2.45) is 0 Å². The van der Waals surface area contributed by atoms with E-state index in [2.05, 4.69) is 40.7 Å². The monoisotopic (exact) mass is 375 g/mol. The second kappa shape index (κ2) is 10.9. The van der Waals surface area contributed by atoms with Gasteiger partial charge in [-0.1, -0.05) is 12.1 Å². The lowest BCUT2D eigenvalue weighted by molar-refractivity contribution is -0.124. The molecule has 0 atom stereocenters. The van der Waals surface area contributed by atoms with Crippen molar-refractivity contribution in [1.82, 2.24) is 15.5 Å². The highest BCUT2D eigenvalue weighted by molar-refractivity contribution is 5.77. The van der Waals surface area contributed by atoms with Crippen LogP contribution in [0.4, 0.5) is 0 Å². The minimum atomic E-state index is 0.0422. The van der Waals surface area contributed by atoms with Crippen molar-refractivity contribution in [2.75, 3.05) is 33.3 Å². The number of nitrogens with zero attached hydrogens (tertiary/aromatic N) is 1. The maximum absolute atomic E-state index is 12.1. The van der Waals surface area contributed by atoms with Gasteiger partial charge in [0.05, 0.1) is 13.2 Å². The number of piperidine rings is 1. The van der Waals surface area contributed by atoms with Crippen LogP contribution in [0.2, 0.25) is 0 Å². The molecule has 0 saturated carbocycles. The van der Waals surface area contributed by atoms with Crippen molar-refractivity contribution >= 4 is 11.8 Å². The van der Waals surface area contributed by atoms with Crippen LogP contribution in [0.15, 0.2) is 18.2 Å². The minimum Gasteiger partial charge on any atom is -0.493 e. The molecular weight excluding hydrogens is 342 g/mol. The summed E-state index contributed by atoms with van der Waals surface area (Å²) >= 11 is 0. The summed E-state index contributed by atoms with van der Waals surface area (Å²) in [6.45, 7) is 6.87. The predicted molar refractivity (Wildman–Crippen MR) is 107 cm³/mol. The number of ether oxygens (including phenoxy) is 1. The minimum absolute atomic E-state index is 0.0422. The van der Waals surface area contributed by atoms with Crippen LogP contribution in [-0.2, 0) is 9.59 Å². The van der Waals surface area contributed by atoms with E-state index in [-0.39, 0.29) is 17.9 Å². The summed E-state index contributed by atoms with van der Waals surface area (Å²) in [5.41, 5.74) is 2.33. The number of nitrogens with one attached hydrogen (secondary N) is 2. The SMILES string of the molecule is CNC(=O)CN1CCC(NC(=O)CCCCOc2cc(C)ccc2C)CC1. The fraction of sp³-hybridized carbons (Fsp3) is 0.619. The van der Waals surface area contributed by atoms with E-state index < -0.39 is 0 Å². The zero-order valence-corrected chi connectivity index (χ0v) is 16.8. The molecule has 0 unspecified atom stereocenters. The van der Waals surface area contributed by atoms with Gasteiger partial charge in [0.15, 0.2) is 0 Å². The Bertz CT molecular complexity index is 625. The van der Waals surface area contributed by atoms with Gasteiger partial charge in [0, 0.05) is 32.6 Å². The summed E-state index contributed by atoms with van der Waals surface area (Å²) in [6, 6.07) is 6.43. The summed E-state index contributed by atoms with van der Waals surface area (Å²) in [5.74, 6) is 1.09. The molecule has 0 bridgehead atoms. The lowest BCUT2D eigenvalue weighted by atomic mass is 10.0. The largest absolute Gasteiger partial charge is 0.493 e. The van der Waals surface area contributed by atoms with E-state index in [1.54, 1.807) is 7.05 Å². The first-order valence-electron chi connectivity index (χ1n) is 9.90.